The zero-order valence-electron chi connectivity index (χ0n) is 14.9. The smallest absolute Gasteiger partial charge is 0.243 e. The van der Waals surface area contributed by atoms with Gasteiger partial charge in [-0.15, -0.1) is 24.0 Å². The highest BCUT2D eigenvalue weighted by atomic mass is 127. The van der Waals surface area contributed by atoms with Crippen molar-refractivity contribution in [1.82, 2.24) is 10.6 Å². The highest BCUT2D eigenvalue weighted by Crippen LogP contribution is 2.19. The molecule has 10 heteroatoms. The average molecular weight is 510 g/mol. The summed E-state index contributed by atoms with van der Waals surface area (Å²) < 4.78 is 52.8. The molecular weight excluding hydrogens is 491 g/mol. The maximum Gasteiger partial charge on any atom is 0.243 e. The minimum absolute atomic E-state index is 0. The number of hydrogen-bond acceptors (Lipinski definition) is 2. The molecule has 0 heterocycles. The largest absolute Gasteiger partial charge is 0.357 e. The molecule has 0 aliphatic rings. The SMILES string of the molecule is CCNC(=NCc1cccc(F)c1)NCC(=O)Nc1ccc(F)c(F)c1F.I. The molecule has 1 amide bonds. The molecule has 3 N–H and O–H groups in total. The van der Waals surface area contributed by atoms with E-state index >= 15 is 0 Å². The standard InChI is InChI=1S/C18H18F4N4O.HI/c1-2-23-18(24-9-11-4-3-5-12(19)8-11)25-10-15(27)26-14-7-6-13(20)16(21)17(14)22;/h3-8H,2,9-10H2,1H3,(H,26,27)(H2,23,24,25);1H. The number of guanidine groups is 1. The van der Waals surface area contributed by atoms with Crippen LogP contribution in [0.5, 0.6) is 0 Å². The summed E-state index contributed by atoms with van der Waals surface area (Å²) in [7, 11) is 0. The molecule has 0 spiro atoms. The molecule has 0 atom stereocenters. The summed E-state index contributed by atoms with van der Waals surface area (Å²) in [4.78, 5) is 16.1. The maximum atomic E-state index is 13.6. The molecule has 0 radical (unpaired) electrons. The van der Waals surface area contributed by atoms with Crippen LogP contribution in [0.4, 0.5) is 23.2 Å². The van der Waals surface area contributed by atoms with E-state index in [-0.39, 0.29) is 48.8 Å². The third-order valence-corrected chi connectivity index (χ3v) is 3.38. The van der Waals surface area contributed by atoms with E-state index in [1.54, 1.807) is 12.1 Å². The number of amides is 1. The third kappa shape index (κ3) is 6.98. The van der Waals surface area contributed by atoms with Gasteiger partial charge < -0.3 is 16.0 Å². The van der Waals surface area contributed by atoms with Gasteiger partial charge in [0.2, 0.25) is 5.91 Å². The number of nitrogens with one attached hydrogen (secondary N) is 3. The first-order valence-electron chi connectivity index (χ1n) is 8.10. The van der Waals surface area contributed by atoms with Gasteiger partial charge in [0.25, 0.3) is 0 Å². The maximum absolute atomic E-state index is 13.6. The number of hydrogen-bond donors (Lipinski definition) is 3. The van der Waals surface area contributed by atoms with Gasteiger partial charge in [0.05, 0.1) is 18.8 Å². The first-order chi connectivity index (χ1) is 12.9. The summed E-state index contributed by atoms with van der Waals surface area (Å²) in [5.41, 5.74) is 0.169. The lowest BCUT2D eigenvalue weighted by molar-refractivity contribution is -0.115. The summed E-state index contributed by atoms with van der Waals surface area (Å²) in [6, 6.07) is 7.56. The second-order valence-electron chi connectivity index (χ2n) is 5.45. The molecule has 0 aliphatic carbocycles. The van der Waals surface area contributed by atoms with Crippen molar-refractivity contribution in [2.24, 2.45) is 4.99 Å². The monoisotopic (exact) mass is 510 g/mol. The summed E-state index contributed by atoms with van der Waals surface area (Å²) in [6.45, 7) is 2.20. The van der Waals surface area contributed by atoms with E-state index in [0.29, 0.717) is 18.2 Å². The fourth-order valence-electron chi connectivity index (χ4n) is 2.13. The Morgan fingerprint density at radius 3 is 2.46 bits per heavy atom. The van der Waals surface area contributed by atoms with E-state index in [1.165, 1.54) is 12.1 Å². The van der Waals surface area contributed by atoms with Crippen LogP contribution < -0.4 is 16.0 Å². The lowest BCUT2D eigenvalue weighted by Crippen LogP contribution is -2.41. The van der Waals surface area contributed by atoms with Crippen molar-refractivity contribution in [3.8, 4) is 0 Å². The minimum Gasteiger partial charge on any atom is -0.357 e. The van der Waals surface area contributed by atoms with Gasteiger partial charge in [-0.2, -0.15) is 0 Å². The Labute approximate surface area is 176 Å². The van der Waals surface area contributed by atoms with Crippen molar-refractivity contribution >= 4 is 41.5 Å². The van der Waals surface area contributed by atoms with Crippen molar-refractivity contribution in [3.63, 3.8) is 0 Å². The number of anilines is 1. The van der Waals surface area contributed by atoms with Gasteiger partial charge in [0.15, 0.2) is 23.4 Å². The highest BCUT2D eigenvalue weighted by molar-refractivity contribution is 14.0. The number of rotatable bonds is 6. The quantitative estimate of drug-likeness (QED) is 0.183. The Hall–Kier alpha value is -2.37. The van der Waals surface area contributed by atoms with Gasteiger partial charge >= 0.3 is 0 Å². The molecular formula is C18H19F4IN4O. The first kappa shape index (κ1) is 23.7. The molecule has 28 heavy (non-hydrogen) atoms. The lowest BCUT2D eigenvalue weighted by Gasteiger charge is -2.12. The highest BCUT2D eigenvalue weighted by Gasteiger charge is 2.15. The average Bonchev–Trinajstić information content (AvgIpc) is 2.64. The van der Waals surface area contributed by atoms with E-state index in [2.05, 4.69) is 20.9 Å². The minimum atomic E-state index is -1.66. The molecule has 2 aromatic rings. The summed E-state index contributed by atoms with van der Waals surface area (Å²) in [5.74, 6) is -5.27. The Bertz CT molecular complexity index is 848. The van der Waals surface area contributed by atoms with Crippen LogP contribution in [0.3, 0.4) is 0 Å². The summed E-state index contributed by atoms with van der Waals surface area (Å²) >= 11 is 0. The lowest BCUT2D eigenvalue weighted by atomic mass is 10.2. The number of carbonyl (C=O) groups excluding carboxylic acids is 1. The first-order valence-corrected chi connectivity index (χ1v) is 8.10. The van der Waals surface area contributed by atoms with Gasteiger partial charge in [0.1, 0.15) is 5.82 Å². The molecule has 0 unspecified atom stereocenters. The predicted molar refractivity (Wildman–Crippen MR) is 110 cm³/mol. The van der Waals surface area contributed by atoms with Crippen LogP contribution in [0.2, 0.25) is 0 Å². The van der Waals surface area contributed by atoms with Crippen LogP contribution in [0, 0.1) is 23.3 Å². The number of benzene rings is 2. The molecule has 0 saturated carbocycles. The van der Waals surface area contributed by atoms with E-state index < -0.39 is 29.0 Å². The number of aliphatic imine (C=N–C) groups is 1. The number of carbonyl (C=O) groups is 1. The molecule has 0 saturated heterocycles. The van der Waals surface area contributed by atoms with Crippen LogP contribution in [-0.4, -0.2) is 25.0 Å². The molecule has 2 aromatic carbocycles. The normalized spacial score (nSPS) is 10.8. The van der Waals surface area contributed by atoms with E-state index in [9.17, 15) is 22.4 Å². The van der Waals surface area contributed by atoms with Crippen LogP contribution in [0.15, 0.2) is 41.4 Å². The Morgan fingerprint density at radius 2 is 1.79 bits per heavy atom. The Morgan fingerprint density at radius 1 is 1.04 bits per heavy atom. The zero-order valence-corrected chi connectivity index (χ0v) is 17.2. The molecule has 0 fully saturated rings. The van der Waals surface area contributed by atoms with Crippen molar-refractivity contribution < 1.29 is 22.4 Å². The van der Waals surface area contributed by atoms with Crippen molar-refractivity contribution in [1.29, 1.82) is 0 Å². The van der Waals surface area contributed by atoms with Gasteiger partial charge in [-0.1, -0.05) is 12.1 Å². The van der Waals surface area contributed by atoms with Crippen molar-refractivity contribution in [2.45, 2.75) is 13.5 Å². The van der Waals surface area contributed by atoms with Crippen LogP contribution in [0.1, 0.15) is 12.5 Å². The van der Waals surface area contributed by atoms with Crippen molar-refractivity contribution in [3.05, 3.63) is 65.2 Å². The fraction of sp³-hybridized carbons (Fsp3) is 0.222. The Balaban J connectivity index is 0.00000392. The van der Waals surface area contributed by atoms with Gasteiger partial charge in [-0.3, -0.25) is 4.79 Å². The van der Waals surface area contributed by atoms with Crippen LogP contribution >= 0.6 is 24.0 Å². The molecule has 0 bridgehead atoms. The van der Waals surface area contributed by atoms with Gasteiger partial charge in [0, 0.05) is 6.54 Å². The molecule has 2 rings (SSSR count). The zero-order chi connectivity index (χ0) is 19.8. The second kappa shape index (κ2) is 11.5. The van der Waals surface area contributed by atoms with Gasteiger partial charge in [-0.25, -0.2) is 22.6 Å². The Kier molecular flexibility index (Phi) is 9.69. The topological polar surface area (TPSA) is 65.5 Å². The molecule has 5 nitrogen and oxygen atoms in total. The second-order valence-corrected chi connectivity index (χ2v) is 5.45. The van der Waals surface area contributed by atoms with E-state index in [1.807, 2.05) is 6.92 Å². The van der Waals surface area contributed by atoms with E-state index in [0.717, 1.165) is 6.07 Å². The third-order valence-electron chi connectivity index (χ3n) is 3.38. The fourth-order valence-corrected chi connectivity index (χ4v) is 2.13. The van der Waals surface area contributed by atoms with Gasteiger partial charge in [-0.05, 0) is 36.8 Å². The number of nitrogens with zero attached hydrogens (tertiary/aromatic N) is 1. The van der Waals surface area contributed by atoms with Crippen LogP contribution in [0.25, 0.3) is 0 Å². The molecule has 0 aromatic heterocycles. The summed E-state index contributed by atoms with van der Waals surface area (Å²) in [6.07, 6.45) is 0. The number of halogens is 5. The van der Waals surface area contributed by atoms with Crippen LogP contribution in [-0.2, 0) is 11.3 Å². The molecule has 152 valence electrons. The van der Waals surface area contributed by atoms with E-state index in [4.69, 9.17) is 0 Å². The molecule has 0 aliphatic heterocycles. The summed E-state index contributed by atoms with van der Waals surface area (Å²) in [5, 5.41) is 7.75. The predicted octanol–water partition coefficient (Wildman–Crippen LogP) is 3.55. The van der Waals surface area contributed by atoms with Crippen molar-refractivity contribution in [2.75, 3.05) is 18.4 Å².